The first kappa shape index (κ1) is 16.7. The molecule has 120 valence electrons. The maximum absolute atomic E-state index is 12.0. The normalized spacial score (nSPS) is 11.6. The van der Waals surface area contributed by atoms with Gasteiger partial charge in [-0.3, -0.25) is 9.59 Å². The number of carbonyl (C=O) groups is 2. The predicted octanol–water partition coefficient (Wildman–Crippen LogP) is 2.93. The number of hydrogen-bond donors (Lipinski definition) is 3. The summed E-state index contributed by atoms with van der Waals surface area (Å²) in [5.74, 6) is -0.235. The molecule has 2 aromatic carbocycles. The van der Waals surface area contributed by atoms with E-state index in [4.69, 9.17) is 0 Å². The van der Waals surface area contributed by atoms with Crippen molar-refractivity contribution in [3.63, 3.8) is 0 Å². The molecule has 0 aromatic heterocycles. The van der Waals surface area contributed by atoms with Crippen LogP contribution in [0, 0.1) is 0 Å². The average molecular weight is 311 g/mol. The second-order valence-electron chi connectivity index (χ2n) is 5.32. The van der Waals surface area contributed by atoms with Gasteiger partial charge in [-0.15, -0.1) is 0 Å². The second kappa shape index (κ2) is 8.10. The topological polar surface area (TPSA) is 70.2 Å². The van der Waals surface area contributed by atoms with Crippen molar-refractivity contribution in [2.45, 2.75) is 19.9 Å². The monoisotopic (exact) mass is 311 g/mol. The molecule has 23 heavy (non-hydrogen) atoms. The van der Waals surface area contributed by atoms with Gasteiger partial charge in [0.05, 0.1) is 6.54 Å². The summed E-state index contributed by atoms with van der Waals surface area (Å²) < 4.78 is 0. The maximum Gasteiger partial charge on any atom is 0.238 e. The average Bonchev–Trinajstić information content (AvgIpc) is 2.55. The highest BCUT2D eigenvalue weighted by Gasteiger charge is 2.07. The lowest BCUT2D eigenvalue weighted by Gasteiger charge is -2.14. The van der Waals surface area contributed by atoms with Crippen molar-refractivity contribution in [3.8, 4) is 0 Å². The van der Waals surface area contributed by atoms with Crippen LogP contribution in [-0.2, 0) is 9.59 Å². The Hall–Kier alpha value is -2.66. The first-order chi connectivity index (χ1) is 11.0. The van der Waals surface area contributed by atoms with Gasteiger partial charge in [0, 0.05) is 24.3 Å². The predicted molar refractivity (Wildman–Crippen MR) is 92.2 cm³/mol. The third-order valence-corrected chi connectivity index (χ3v) is 3.36. The van der Waals surface area contributed by atoms with Crippen LogP contribution in [-0.4, -0.2) is 18.4 Å². The van der Waals surface area contributed by atoms with E-state index in [1.54, 1.807) is 24.3 Å². The fourth-order valence-corrected chi connectivity index (χ4v) is 2.15. The molecule has 0 saturated carbocycles. The van der Waals surface area contributed by atoms with Gasteiger partial charge in [0.25, 0.3) is 0 Å². The molecule has 0 radical (unpaired) electrons. The highest BCUT2D eigenvalue weighted by atomic mass is 16.2. The van der Waals surface area contributed by atoms with Gasteiger partial charge in [0.1, 0.15) is 0 Å². The minimum atomic E-state index is -0.124. The van der Waals surface area contributed by atoms with Gasteiger partial charge in [0.2, 0.25) is 11.8 Å². The van der Waals surface area contributed by atoms with Crippen molar-refractivity contribution in [2.24, 2.45) is 0 Å². The number of anilines is 2. The van der Waals surface area contributed by atoms with E-state index < -0.39 is 0 Å². The largest absolute Gasteiger partial charge is 0.326 e. The Kier molecular flexibility index (Phi) is 5.88. The fraction of sp³-hybridized carbons (Fsp3) is 0.222. The van der Waals surface area contributed by atoms with Crippen molar-refractivity contribution in [2.75, 3.05) is 17.2 Å². The molecule has 2 aromatic rings. The number of rotatable bonds is 6. The standard InChI is InChI=1S/C18H21N3O2/c1-13(15-6-4-3-5-7-15)19-12-18(23)21-17-10-8-16(9-11-17)20-14(2)22/h3-11,13,19H,12H2,1-2H3,(H,20,22)(H,21,23). The first-order valence-electron chi connectivity index (χ1n) is 7.50. The molecule has 0 aliphatic heterocycles. The van der Waals surface area contributed by atoms with Crippen molar-refractivity contribution in [1.82, 2.24) is 5.32 Å². The van der Waals surface area contributed by atoms with Crippen molar-refractivity contribution in [1.29, 1.82) is 0 Å². The van der Waals surface area contributed by atoms with Crippen LogP contribution in [0.15, 0.2) is 54.6 Å². The highest BCUT2D eigenvalue weighted by Crippen LogP contribution is 2.14. The molecule has 0 spiro atoms. The molecule has 0 aliphatic carbocycles. The molecule has 3 N–H and O–H groups in total. The summed E-state index contributed by atoms with van der Waals surface area (Å²) in [4.78, 5) is 22.9. The van der Waals surface area contributed by atoms with E-state index in [1.165, 1.54) is 6.92 Å². The lowest BCUT2D eigenvalue weighted by Crippen LogP contribution is -2.30. The maximum atomic E-state index is 12.0. The number of carbonyl (C=O) groups excluding carboxylic acids is 2. The smallest absolute Gasteiger partial charge is 0.238 e. The van der Waals surface area contributed by atoms with Gasteiger partial charge in [0.15, 0.2) is 0 Å². The summed E-state index contributed by atoms with van der Waals surface area (Å²) in [5.41, 5.74) is 2.53. The van der Waals surface area contributed by atoms with Crippen molar-refractivity contribution in [3.05, 3.63) is 60.2 Å². The zero-order chi connectivity index (χ0) is 16.7. The Bertz CT molecular complexity index is 654. The van der Waals surface area contributed by atoms with Gasteiger partial charge in [-0.1, -0.05) is 30.3 Å². The molecule has 0 fully saturated rings. The number of hydrogen-bond acceptors (Lipinski definition) is 3. The van der Waals surface area contributed by atoms with Gasteiger partial charge in [-0.25, -0.2) is 0 Å². The Morgan fingerprint density at radius 3 is 2.04 bits per heavy atom. The Balaban J connectivity index is 1.81. The number of benzene rings is 2. The van der Waals surface area contributed by atoms with E-state index in [2.05, 4.69) is 16.0 Å². The summed E-state index contributed by atoms with van der Waals surface area (Å²) in [7, 11) is 0. The minimum absolute atomic E-state index is 0.101. The van der Waals surface area contributed by atoms with Gasteiger partial charge >= 0.3 is 0 Å². The van der Waals surface area contributed by atoms with Crippen LogP contribution in [0.2, 0.25) is 0 Å². The molecule has 0 bridgehead atoms. The zero-order valence-corrected chi connectivity index (χ0v) is 13.3. The van der Waals surface area contributed by atoms with E-state index >= 15 is 0 Å². The molecule has 1 unspecified atom stereocenters. The van der Waals surface area contributed by atoms with Crippen LogP contribution < -0.4 is 16.0 Å². The summed E-state index contributed by atoms with van der Waals surface area (Å²) >= 11 is 0. The summed E-state index contributed by atoms with van der Waals surface area (Å²) in [6.45, 7) is 3.70. The van der Waals surface area contributed by atoms with Crippen molar-refractivity contribution < 1.29 is 9.59 Å². The highest BCUT2D eigenvalue weighted by molar-refractivity contribution is 5.93. The molecule has 1 atom stereocenters. The molecule has 0 saturated heterocycles. The van der Waals surface area contributed by atoms with Crippen LogP contribution in [0.4, 0.5) is 11.4 Å². The van der Waals surface area contributed by atoms with Crippen LogP contribution in [0.3, 0.4) is 0 Å². The number of nitrogens with one attached hydrogen (secondary N) is 3. The van der Waals surface area contributed by atoms with Crippen molar-refractivity contribution >= 4 is 23.2 Å². The van der Waals surface area contributed by atoms with Gasteiger partial charge in [-0.2, -0.15) is 0 Å². The van der Waals surface area contributed by atoms with Crippen LogP contribution in [0.1, 0.15) is 25.5 Å². The third-order valence-electron chi connectivity index (χ3n) is 3.36. The third kappa shape index (κ3) is 5.56. The minimum Gasteiger partial charge on any atom is -0.326 e. The van der Waals surface area contributed by atoms with E-state index in [-0.39, 0.29) is 24.4 Å². The quantitative estimate of drug-likeness (QED) is 0.768. The fourth-order valence-electron chi connectivity index (χ4n) is 2.15. The van der Waals surface area contributed by atoms with Gasteiger partial charge < -0.3 is 16.0 Å². The van der Waals surface area contributed by atoms with Gasteiger partial charge in [-0.05, 0) is 36.8 Å². The molecule has 0 aliphatic rings. The molecule has 5 heteroatoms. The number of amides is 2. The van der Waals surface area contributed by atoms with Crippen LogP contribution >= 0.6 is 0 Å². The zero-order valence-electron chi connectivity index (χ0n) is 13.3. The molecular formula is C18H21N3O2. The lowest BCUT2D eigenvalue weighted by atomic mass is 10.1. The van der Waals surface area contributed by atoms with Crippen LogP contribution in [0.5, 0.6) is 0 Å². The Labute approximate surface area is 136 Å². The Morgan fingerprint density at radius 2 is 1.48 bits per heavy atom. The molecule has 5 nitrogen and oxygen atoms in total. The van der Waals surface area contributed by atoms with Crippen LogP contribution in [0.25, 0.3) is 0 Å². The molecule has 2 rings (SSSR count). The Morgan fingerprint density at radius 1 is 0.913 bits per heavy atom. The SMILES string of the molecule is CC(=O)Nc1ccc(NC(=O)CNC(C)c2ccccc2)cc1. The second-order valence-corrected chi connectivity index (χ2v) is 5.32. The molecular weight excluding hydrogens is 290 g/mol. The summed E-state index contributed by atoms with van der Waals surface area (Å²) in [5, 5.41) is 8.68. The molecule has 0 heterocycles. The summed E-state index contributed by atoms with van der Waals surface area (Å²) in [6, 6.07) is 17.1. The van der Waals surface area contributed by atoms with E-state index in [9.17, 15) is 9.59 Å². The lowest BCUT2D eigenvalue weighted by molar-refractivity contribution is -0.115. The summed E-state index contributed by atoms with van der Waals surface area (Å²) in [6.07, 6.45) is 0. The first-order valence-corrected chi connectivity index (χ1v) is 7.50. The molecule has 2 amide bonds. The van der Waals surface area contributed by atoms with E-state index in [0.29, 0.717) is 11.4 Å². The van der Waals surface area contributed by atoms with E-state index in [1.807, 2.05) is 37.3 Å². The van der Waals surface area contributed by atoms with E-state index in [0.717, 1.165) is 5.56 Å².